The highest BCUT2D eigenvalue weighted by molar-refractivity contribution is 6.00. The molecule has 0 atom stereocenters. The molecule has 4 heterocycles. The second-order valence-corrected chi connectivity index (χ2v) is 6.42. The SMILES string of the molecule is C=Cn1cc2c(nc(NC(=O)Nc3ccc(OC)cc3)n3nc(-c4ccco4)nc23)n1. The molecule has 0 bridgehead atoms. The Morgan fingerprint density at radius 2 is 2.00 bits per heavy atom. The predicted octanol–water partition coefficient (Wildman–Crippen LogP) is 3.49. The lowest BCUT2D eigenvalue weighted by Gasteiger charge is -2.08. The number of carbonyl (C=O) groups excluding carboxylic acids is 1. The first-order valence-corrected chi connectivity index (χ1v) is 9.19. The Labute approximate surface area is 175 Å². The maximum Gasteiger partial charge on any atom is 0.326 e. The van der Waals surface area contributed by atoms with Crippen LogP contribution in [0.4, 0.5) is 16.4 Å². The van der Waals surface area contributed by atoms with Crippen molar-refractivity contribution in [1.82, 2.24) is 29.4 Å². The first-order chi connectivity index (χ1) is 15.1. The van der Waals surface area contributed by atoms with Crippen molar-refractivity contribution < 1.29 is 13.9 Å². The number of methoxy groups -OCH3 is 1. The smallest absolute Gasteiger partial charge is 0.326 e. The van der Waals surface area contributed by atoms with Crippen molar-refractivity contribution in [3.8, 4) is 17.3 Å². The lowest BCUT2D eigenvalue weighted by molar-refractivity contribution is 0.262. The van der Waals surface area contributed by atoms with Crippen LogP contribution in [0, 0.1) is 0 Å². The highest BCUT2D eigenvalue weighted by Crippen LogP contribution is 2.24. The highest BCUT2D eigenvalue weighted by Gasteiger charge is 2.19. The van der Waals surface area contributed by atoms with Gasteiger partial charge in [0.05, 0.1) is 18.8 Å². The van der Waals surface area contributed by atoms with E-state index >= 15 is 0 Å². The van der Waals surface area contributed by atoms with Crippen LogP contribution in [0.3, 0.4) is 0 Å². The zero-order valence-electron chi connectivity index (χ0n) is 16.3. The van der Waals surface area contributed by atoms with Crippen LogP contribution in [-0.4, -0.2) is 42.5 Å². The molecule has 0 saturated heterocycles. The summed E-state index contributed by atoms with van der Waals surface area (Å²) < 4.78 is 13.5. The summed E-state index contributed by atoms with van der Waals surface area (Å²) >= 11 is 0. The molecule has 0 unspecified atom stereocenters. The molecule has 1 aromatic carbocycles. The molecule has 11 nitrogen and oxygen atoms in total. The van der Waals surface area contributed by atoms with Crippen molar-refractivity contribution in [3.63, 3.8) is 0 Å². The fourth-order valence-electron chi connectivity index (χ4n) is 3.03. The van der Waals surface area contributed by atoms with Crippen molar-refractivity contribution in [2.45, 2.75) is 0 Å². The van der Waals surface area contributed by atoms with E-state index in [1.807, 2.05) is 0 Å². The Balaban J connectivity index is 1.54. The van der Waals surface area contributed by atoms with E-state index in [1.165, 1.54) is 21.7 Å². The van der Waals surface area contributed by atoms with E-state index in [2.05, 4.69) is 37.4 Å². The van der Waals surface area contributed by atoms with Crippen LogP contribution in [0.1, 0.15) is 0 Å². The number of urea groups is 1. The van der Waals surface area contributed by atoms with Gasteiger partial charge in [0.25, 0.3) is 0 Å². The van der Waals surface area contributed by atoms with Gasteiger partial charge in [-0.1, -0.05) is 6.58 Å². The Bertz CT molecular complexity index is 1400. The van der Waals surface area contributed by atoms with Crippen molar-refractivity contribution in [3.05, 3.63) is 55.4 Å². The molecule has 0 aliphatic rings. The van der Waals surface area contributed by atoms with Crippen molar-refractivity contribution in [2.75, 3.05) is 17.7 Å². The molecule has 0 spiro atoms. The fourth-order valence-corrected chi connectivity index (χ4v) is 3.03. The minimum Gasteiger partial charge on any atom is -0.497 e. The highest BCUT2D eigenvalue weighted by atomic mass is 16.5. The molecule has 11 heteroatoms. The van der Waals surface area contributed by atoms with E-state index in [4.69, 9.17) is 9.15 Å². The minimum absolute atomic E-state index is 0.146. The van der Waals surface area contributed by atoms with Gasteiger partial charge in [0, 0.05) is 18.1 Å². The van der Waals surface area contributed by atoms with Crippen LogP contribution in [0.25, 0.3) is 34.5 Å². The van der Waals surface area contributed by atoms with Gasteiger partial charge in [-0.15, -0.1) is 10.2 Å². The average Bonchev–Trinajstić information content (AvgIpc) is 3.52. The average molecular weight is 416 g/mol. The number of hydrogen-bond acceptors (Lipinski definition) is 7. The topological polar surface area (TPSA) is 124 Å². The number of rotatable bonds is 5. The third kappa shape index (κ3) is 3.33. The molecular formula is C20H16N8O3. The van der Waals surface area contributed by atoms with Gasteiger partial charge in [-0.2, -0.15) is 9.50 Å². The molecule has 154 valence electrons. The molecular weight excluding hydrogens is 400 g/mol. The van der Waals surface area contributed by atoms with Gasteiger partial charge >= 0.3 is 6.03 Å². The van der Waals surface area contributed by atoms with Crippen LogP contribution in [-0.2, 0) is 0 Å². The largest absolute Gasteiger partial charge is 0.497 e. The van der Waals surface area contributed by atoms with Crippen molar-refractivity contribution >= 4 is 40.5 Å². The van der Waals surface area contributed by atoms with Crippen molar-refractivity contribution in [2.24, 2.45) is 0 Å². The number of aromatic nitrogens is 6. The van der Waals surface area contributed by atoms with Crippen molar-refractivity contribution in [1.29, 1.82) is 0 Å². The molecule has 0 radical (unpaired) electrons. The lowest BCUT2D eigenvalue weighted by atomic mass is 10.3. The minimum atomic E-state index is -0.503. The first kappa shape index (κ1) is 18.4. The summed E-state index contributed by atoms with van der Waals surface area (Å²) in [5.74, 6) is 1.67. The van der Waals surface area contributed by atoms with Crippen LogP contribution < -0.4 is 15.4 Å². The number of hydrogen-bond donors (Lipinski definition) is 2. The van der Waals surface area contributed by atoms with Gasteiger partial charge in [0.1, 0.15) is 5.75 Å². The second kappa shape index (κ2) is 7.30. The number of amides is 2. The lowest BCUT2D eigenvalue weighted by Crippen LogP contribution is -2.22. The predicted molar refractivity (Wildman–Crippen MR) is 114 cm³/mol. The summed E-state index contributed by atoms with van der Waals surface area (Å²) in [4.78, 5) is 21.6. The summed E-state index contributed by atoms with van der Waals surface area (Å²) in [5, 5.41) is 14.9. The molecule has 31 heavy (non-hydrogen) atoms. The van der Waals surface area contributed by atoms with Gasteiger partial charge in [-0.25, -0.2) is 14.5 Å². The maximum atomic E-state index is 12.6. The summed E-state index contributed by atoms with van der Waals surface area (Å²) in [6, 6.07) is 9.92. The molecule has 0 aliphatic heterocycles. The first-order valence-electron chi connectivity index (χ1n) is 9.19. The third-order valence-electron chi connectivity index (χ3n) is 4.47. The number of nitrogens with zero attached hydrogens (tertiary/aromatic N) is 6. The van der Waals surface area contributed by atoms with E-state index in [1.54, 1.807) is 49.7 Å². The zero-order chi connectivity index (χ0) is 21.4. The van der Waals surface area contributed by atoms with E-state index in [-0.39, 0.29) is 5.95 Å². The number of nitrogens with one attached hydrogen (secondary N) is 2. The normalized spacial score (nSPS) is 11.0. The fraction of sp³-hybridized carbons (Fsp3) is 0.0500. The Morgan fingerprint density at radius 3 is 2.71 bits per heavy atom. The molecule has 0 aliphatic carbocycles. The van der Waals surface area contributed by atoms with Gasteiger partial charge in [-0.05, 0) is 36.4 Å². The molecule has 0 fully saturated rings. The Hall–Kier alpha value is -4.67. The number of ether oxygens (including phenoxy) is 1. The van der Waals surface area contributed by atoms with E-state index in [0.29, 0.717) is 39.7 Å². The number of furan rings is 1. The summed E-state index contributed by atoms with van der Waals surface area (Å²) in [6.45, 7) is 3.71. The van der Waals surface area contributed by atoms with Crippen LogP contribution in [0.5, 0.6) is 5.75 Å². The second-order valence-electron chi connectivity index (χ2n) is 6.42. The molecule has 2 N–H and O–H groups in total. The molecule has 5 rings (SSSR count). The van der Waals surface area contributed by atoms with E-state index in [0.717, 1.165) is 0 Å². The summed E-state index contributed by atoms with van der Waals surface area (Å²) in [7, 11) is 1.57. The number of fused-ring (bicyclic) bond motifs is 3. The quantitative estimate of drug-likeness (QED) is 0.449. The standard InChI is InChI=1S/C20H16N8O3/c1-3-27-11-14-16(25-27)23-19(24-20(29)21-12-6-8-13(30-2)9-7-12)28-18(14)22-17(26-28)15-5-4-10-31-15/h3-11H,1H2,2H3,(H2,21,23,24,25,29). The maximum absolute atomic E-state index is 12.6. The Morgan fingerprint density at radius 1 is 1.16 bits per heavy atom. The zero-order valence-corrected chi connectivity index (χ0v) is 16.3. The van der Waals surface area contributed by atoms with Gasteiger partial charge in [0.2, 0.25) is 11.8 Å². The van der Waals surface area contributed by atoms with E-state index in [9.17, 15) is 4.79 Å². The van der Waals surface area contributed by atoms with E-state index < -0.39 is 6.03 Å². The van der Waals surface area contributed by atoms with Gasteiger partial charge in [0.15, 0.2) is 17.1 Å². The number of benzene rings is 1. The molecule has 4 aromatic heterocycles. The summed E-state index contributed by atoms with van der Waals surface area (Å²) in [6.07, 6.45) is 4.80. The van der Waals surface area contributed by atoms with Crippen LogP contribution in [0.15, 0.2) is 59.9 Å². The van der Waals surface area contributed by atoms with Gasteiger partial charge < -0.3 is 14.5 Å². The molecule has 5 aromatic rings. The van der Waals surface area contributed by atoms with Crippen LogP contribution >= 0.6 is 0 Å². The number of carbonyl (C=O) groups is 1. The van der Waals surface area contributed by atoms with Gasteiger partial charge in [-0.3, -0.25) is 5.32 Å². The van der Waals surface area contributed by atoms with Crippen LogP contribution in [0.2, 0.25) is 0 Å². The molecule has 2 amide bonds. The summed E-state index contributed by atoms with van der Waals surface area (Å²) in [5.41, 5.74) is 1.43. The third-order valence-corrected chi connectivity index (χ3v) is 4.47. The number of anilines is 2. The Kier molecular flexibility index (Phi) is 4.32. The monoisotopic (exact) mass is 416 g/mol. The molecule has 0 saturated carbocycles.